The molecule has 274 valence electrons. The summed E-state index contributed by atoms with van der Waals surface area (Å²) in [5.41, 5.74) is 17.4. The van der Waals surface area contributed by atoms with Crippen molar-refractivity contribution >= 4 is 49.8 Å². The normalized spacial score (nSPS) is 14.3. The molecule has 2 heteroatoms. The number of para-hydroxylation sites is 2. The number of anilines is 3. The average Bonchev–Trinajstić information content (AvgIpc) is 3.89. The van der Waals surface area contributed by atoms with Gasteiger partial charge in [-0.05, 0) is 103 Å². The van der Waals surface area contributed by atoms with Crippen LogP contribution in [0.3, 0.4) is 0 Å². The summed E-state index contributed by atoms with van der Waals surface area (Å²) in [4.78, 5) is 2.45. The summed E-state index contributed by atoms with van der Waals surface area (Å²) in [6, 6.07) is 73.5. The van der Waals surface area contributed by atoms with E-state index in [-0.39, 0.29) is 5.41 Å². The van der Waals surface area contributed by atoms with Crippen LogP contribution in [-0.4, -0.2) is 0 Å². The van der Waals surface area contributed by atoms with Crippen molar-refractivity contribution in [3.63, 3.8) is 0 Å². The van der Waals surface area contributed by atoms with E-state index >= 15 is 0 Å². The molecule has 9 aromatic carbocycles. The van der Waals surface area contributed by atoms with E-state index in [0.717, 1.165) is 33.6 Å². The van der Waals surface area contributed by atoms with E-state index in [1.807, 2.05) is 0 Å². The lowest BCUT2D eigenvalue weighted by atomic mass is 9.67. The molecular weight excluding hydrogens is 703 g/mol. The van der Waals surface area contributed by atoms with Crippen LogP contribution in [0.15, 0.2) is 205 Å². The second-order valence-electron chi connectivity index (χ2n) is 16.4. The summed E-state index contributed by atoms with van der Waals surface area (Å²) < 4.78 is 6.69. The van der Waals surface area contributed by atoms with Crippen LogP contribution in [0.25, 0.3) is 55.0 Å². The van der Waals surface area contributed by atoms with Gasteiger partial charge < -0.3 is 9.32 Å². The summed E-state index contributed by atoms with van der Waals surface area (Å²) in [6.45, 7) is 4.79. The fraction of sp³-hybridized carbons (Fsp3) is 0.0714. The molecule has 0 saturated heterocycles. The average molecular weight is 742 g/mol. The second kappa shape index (κ2) is 12.2. The van der Waals surface area contributed by atoms with Crippen molar-refractivity contribution in [2.24, 2.45) is 0 Å². The lowest BCUT2D eigenvalue weighted by Gasteiger charge is -2.35. The van der Waals surface area contributed by atoms with Crippen molar-refractivity contribution in [1.82, 2.24) is 0 Å². The van der Waals surface area contributed by atoms with Gasteiger partial charge in [-0.25, -0.2) is 0 Å². The van der Waals surface area contributed by atoms with Crippen LogP contribution in [0.1, 0.15) is 47.2 Å². The summed E-state index contributed by atoms with van der Waals surface area (Å²) in [5.74, 6) is 0. The van der Waals surface area contributed by atoms with Crippen LogP contribution in [0, 0.1) is 0 Å². The molecule has 0 fully saturated rings. The third kappa shape index (κ3) is 4.38. The Morgan fingerprint density at radius 1 is 0.414 bits per heavy atom. The fourth-order valence-electron chi connectivity index (χ4n) is 10.7. The standard InChI is InChI=1S/C56H39NO/c1-55(2)48-34-39(31-33-45(48)51-43-25-12-13-26-44(43)54-52(53(51)55)46-27-15-17-29-50(46)58-54)57(38-22-10-5-11-23-38)40-30-32-42-41-24-14-16-28-47(41)56(49(42)35-40,36-18-6-3-7-19-36)37-20-8-4-9-21-37/h3-35H,1-2H3. The molecule has 2 aliphatic rings. The maximum Gasteiger partial charge on any atom is 0.143 e. The van der Waals surface area contributed by atoms with Crippen molar-refractivity contribution in [2.45, 2.75) is 24.7 Å². The number of furan rings is 1. The Balaban J connectivity index is 1.11. The number of rotatable bonds is 5. The lowest BCUT2D eigenvalue weighted by molar-refractivity contribution is 0.659. The first kappa shape index (κ1) is 33.0. The van der Waals surface area contributed by atoms with Gasteiger partial charge in [0.25, 0.3) is 0 Å². The van der Waals surface area contributed by atoms with Gasteiger partial charge in [0.2, 0.25) is 0 Å². The molecule has 0 amide bonds. The number of fused-ring (bicyclic) bond motifs is 13. The highest BCUT2D eigenvalue weighted by Gasteiger charge is 2.46. The number of hydrogen-bond donors (Lipinski definition) is 0. The minimum absolute atomic E-state index is 0.298. The zero-order valence-electron chi connectivity index (χ0n) is 32.4. The highest BCUT2D eigenvalue weighted by atomic mass is 16.3. The summed E-state index contributed by atoms with van der Waals surface area (Å²) in [6.07, 6.45) is 0. The first-order valence-electron chi connectivity index (χ1n) is 20.3. The molecule has 1 aromatic heterocycles. The molecule has 0 spiro atoms. The van der Waals surface area contributed by atoms with Crippen LogP contribution in [-0.2, 0) is 10.8 Å². The van der Waals surface area contributed by atoms with Gasteiger partial charge in [0.05, 0.1) is 5.41 Å². The van der Waals surface area contributed by atoms with Crippen molar-refractivity contribution in [2.75, 3.05) is 4.90 Å². The molecule has 2 aliphatic carbocycles. The molecule has 0 aliphatic heterocycles. The van der Waals surface area contributed by atoms with Crippen LogP contribution < -0.4 is 4.90 Å². The molecule has 0 radical (unpaired) electrons. The maximum atomic E-state index is 6.69. The van der Waals surface area contributed by atoms with Crippen LogP contribution in [0.5, 0.6) is 0 Å². The van der Waals surface area contributed by atoms with Gasteiger partial charge in [-0.2, -0.15) is 0 Å². The molecule has 2 nitrogen and oxygen atoms in total. The molecule has 0 bridgehead atoms. The number of nitrogens with zero attached hydrogens (tertiary/aromatic N) is 1. The summed E-state index contributed by atoms with van der Waals surface area (Å²) in [7, 11) is 0. The van der Waals surface area contributed by atoms with E-state index < -0.39 is 5.41 Å². The van der Waals surface area contributed by atoms with Gasteiger partial charge in [0.1, 0.15) is 11.2 Å². The van der Waals surface area contributed by atoms with E-state index in [1.54, 1.807) is 0 Å². The molecule has 12 rings (SSSR count). The molecular formula is C56H39NO. The van der Waals surface area contributed by atoms with Gasteiger partial charge in [0.15, 0.2) is 0 Å². The Morgan fingerprint density at radius 3 is 1.66 bits per heavy atom. The van der Waals surface area contributed by atoms with Gasteiger partial charge in [0, 0.05) is 38.6 Å². The number of benzene rings is 9. The van der Waals surface area contributed by atoms with Crippen LogP contribution >= 0.6 is 0 Å². The van der Waals surface area contributed by atoms with E-state index in [4.69, 9.17) is 4.42 Å². The Kier molecular flexibility index (Phi) is 6.93. The Hall–Kier alpha value is -7.16. The fourth-order valence-corrected chi connectivity index (χ4v) is 10.7. The first-order chi connectivity index (χ1) is 28.5. The Labute approximate surface area is 338 Å². The molecule has 0 unspecified atom stereocenters. The zero-order chi connectivity index (χ0) is 38.6. The van der Waals surface area contributed by atoms with E-state index in [0.29, 0.717) is 0 Å². The third-order valence-corrected chi connectivity index (χ3v) is 13.1. The van der Waals surface area contributed by atoms with Gasteiger partial charge in [-0.3, -0.25) is 0 Å². The highest BCUT2D eigenvalue weighted by molar-refractivity contribution is 6.23. The monoisotopic (exact) mass is 741 g/mol. The minimum Gasteiger partial charge on any atom is -0.455 e. The SMILES string of the molecule is CC1(C)c2cc(N(c3ccccc3)c3ccc4c(c3)C(c3ccccc3)(c3ccccc3)c3ccccc3-4)ccc2-c2c1c1c3ccccc3oc1c1ccccc21. The lowest BCUT2D eigenvalue weighted by Crippen LogP contribution is -2.28. The van der Waals surface area contributed by atoms with Crippen LogP contribution in [0.2, 0.25) is 0 Å². The molecule has 1 heterocycles. The molecule has 0 saturated carbocycles. The predicted octanol–water partition coefficient (Wildman–Crippen LogP) is 14.9. The molecule has 10 aromatic rings. The highest BCUT2D eigenvalue weighted by Crippen LogP contribution is 2.59. The smallest absolute Gasteiger partial charge is 0.143 e. The van der Waals surface area contributed by atoms with Crippen molar-refractivity contribution < 1.29 is 4.42 Å². The predicted molar refractivity (Wildman–Crippen MR) is 241 cm³/mol. The summed E-state index contributed by atoms with van der Waals surface area (Å²) >= 11 is 0. The largest absolute Gasteiger partial charge is 0.455 e. The summed E-state index contributed by atoms with van der Waals surface area (Å²) in [5, 5.41) is 4.79. The van der Waals surface area contributed by atoms with Gasteiger partial charge in [-0.1, -0.05) is 172 Å². The molecule has 58 heavy (non-hydrogen) atoms. The van der Waals surface area contributed by atoms with Crippen molar-refractivity contribution in [3.05, 3.63) is 234 Å². The second-order valence-corrected chi connectivity index (χ2v) is 16.4. The van der Waals surface area contributed by atoms with Crippen molar-refractivity contribution in [3.8, 4) is 22.3 Å². The van der Waals surface area contributed by atoms with E-state index in [2.05, 4.69) is 219 Å². The Bertz CT molecular complexity index is 3210. The minimum atomic E-state index is -0.492. The molecule has 0 atom stereocenters. The first-order valence-corrected chi connectivity index (χ1v) is 20.3. The van der Waals surface area contributed by atoms with Crippen LogP contribution in [0.4, 0.5) is 17.1 Å². The number of hydrogen-bond acceptors (Lipinski definition) is 2. The third-order valence-electron chi connectivity index (χ3n) is 13.1. The van der Waals surface area contributed by atoms with Crippen molar-refractivity contribution in [1.29, 1.82) is 0 Å². The zero-order valence-corrected chi connectivity index (χ0v) is 32.4. The van der Waals surface area contributed by atoms with E-state index in [9.17, 15) is 0 Å². The topological polar surface area (TPSA) is 16.4 Å². The maximum absolute atomic E-state index is 6.69. The Morgan fingerprint density at radius 2 is 0.948 bits per heavy atom. The van der Waals surface area contributed by atoms with Gasteiger partial charge >= 0.3 is 0 Å². The molecule has 0 N–H and O–H groups in total. The van der Waals surface area contributed by atoms with E-state index in [1.165, 1.54) is 71.8 Å². The quantitative estimate of drug-likeness (QED) is 0.175. The van der Waals surface area contributed by atoms with Gasteiger partial charge in [-0.15, -0.1) is 0 Å².